The summed E-state index contributed by atoms with van der Waals surface area (Å²) >= 11 is 0. The zero-order chi connectivity index (χ0) is 24.4. The number of aliphatic hydroxyl groups is 1. The fourth-order valence-corrected chi connectivity index (χ4v) is 9.22. The Balaban J connectivity index is 1.38. The molecule has 1 aromatic heterocycles. The van der Waals surface area contributed by atoms with Gasteiger partial charge in [0, 0.05) is 26.2 Å². The summed E-state index contributed by atoms with van der Waals surface area (Å²) in [6.45, 7) is 5.12. The van der Waals surface area contributed by atoms with Gasteiger partial charge in [0.15, 0.2) is 5.76 Å². The molecule has 1 unspecified atom stereocenters. The molecular formula is C28H34N2O4Si. The molecule has 6 nitrogen and oxygen atoms in total. The van der Waals surface area contributed by atoms with Gasteiger partial charge in [0.05, 0.1) is 6.04 Å². The Labute approximate surface area is 208 Å². The number of nitrogens with zero attached hydrogens (tertiary/aromatic N) is 2. The molecule has 4 aliphatic carbocycles. The van der Waals surface area contributed by atoms with E-state index in [0.717, 1.165) is 12.0 Å². The van der Waals surface area contributed by atoms with E-state index in [9.17, 15) is 9.90 Å². The molecular weight excluding hydrogens is 456 g/mol. The van der Waals surface area contributed by atoms with Gasteiger partial charge in [-0.3, -0.25) is 9.69 Å². The van der Waals surface area contributed by atoms with Crippen molar-refractivity contribution < 1.29 is 19.2 Å². The van der Waals surface area contributed by atoms with E-state index in [1.54, 1.807) is 0 Å². The van der Waals surface area contributed by atoms with Crippen LogP contribution in [0, 0.1) is 35.5 Å². The number of benzene rings is 1. The van der Waals surface area contributed by atoms with E-state index < -0.39 is 8.80 Å². The van der Waals surface area contributed by atoms with Crippen LogP contribution in [0.25, 0.3) is 0 Å². The second-order valence-corrected chi connectivity index (χ2v) is 14.7. The first-order valence-corrected chi connectivity index (χ1v) is 16.0. The maximum absolute atomic E-state index is 13.9. The Morgan fingerprint density at radius 2 is 1.91 bits per heavy atom. The smallest absolute Gasteiger partial charge is 0.266 e. The average Bonchev–Trinajstić information content (AvgIpc) is 3.50. The van der Waals surface area contributed by atoms with Crippen LogP contribution >= 0.6 is 0 Å². The zero-order valence-electron chi connectivity index (χ0n) is 20.8. The Hall–Kier alpha value is -2.64. The van der Waals surface area contributed by atoms with Crippen LogP contribution in [0.2, 0.25) is 19.1 Å². The van der Waals surface area contributed by atoms with Crippen LogP contribution in [0.1, 0.15) is 34.1 Å². The molecule has 1 N–H and O–H groups in total. The molecule has 1 aromatic carbocycles. The lowest BCUT2D eigenvalue weighted by Crippen LogP contribution is -2.42. The molecule has 1 fully saturated rings. The van der Waals surface area contributed by atoms with Crippen molar-refractivity contribution in [1.29, 1.82) is 0 Å². The number of aromatic nitrogens is 1. The van der Waals surface area contributed by atoms with E-state index in [4.69, 9.17) is 9.26 Å². The molecule has 7 heteroatoms. The molecule has 7 atom stereocenters. The third-order valence-corrected chi connectivity index (χ3v) is 10.2. The fourth-order valence-electron chi connectivity index (χ4n) is 7.50. The number of ether oxygens (including phenoxy) is 1. The van der Waals surface area contributed by atoms with Gasteiger partial charge in [0.2, 0.25) is 5.78 Å². The number of carbonyl (C=O) groups excluding carboxylic acids is 1. The highest BCUT2D eigenvalue weighted by molar-refractivity contribution is 6.55. The van der Waals surface area contributed by atoms with Gasteiger partial charge in [-0.15, -0.1) is 0 Å². The number of hydrogen-bond acceptors (Lipinski definition) is 6. The predicted octanol–water partition coefficient (Wildman–Crippen LogP) is 5.04. The molecule has 1 heterocycles. The van der Waals surface area contributed by atoms with Crippen molar-refractivity contribution in [2.45, 2.75) is 38.2 Å². The Kier molecular flexibility index (Phi) is 5.53. The number of carbonyl (C=O) groups is 1. The van der Waals surface area contributed by atoms with E-state index in [2.05, 4.69) is 35.3 Å². The van der Waals surface area contributed by atoms with Crippen molar-refractivity contribution in [3.63, 3.8) is 0 Å². The van der Waals surface area contributed by atoms with E-state index in [1.165, 1.54) is 6.04 Å². The van der Waals surface area contributed by atoms with Crippen molar-refractivity contribution in [2.24, 2.45) is 35.5 Å². The molecule has 6 rings (SSSR count). The topological polar surface area (TPSA) is 75.8 Å². The van der Waals surface area contributed by atoms with Crippen molar-refractivity contribution >= 4 is 14.6 Å². The second-order valence-electron chi connectivity index (χ2n) is 11.4. The van der Waals surface area contributed by atoms with Gasteiger partial charge in [-0.1, -0.05) is 61.6 Å². The molecule has 184 valence electrons. The van der Waals surface area contributed by atoms with E-state index in [1.807, 2.05) is 44.4 Å². The summed E-state index contributed by atoms with van der Waals surface area (Å²) in [7, 11) is 3.27. The highest BCUT2D eigenvalue weighted by Crippen LogP contribution is 2.63. The van der Waals surface area contributed by atoms with Gasteiger partial charge in [-0.05, 0) is 54.9 Å². The summed E-state index contributed by atoms with van der Waals surface area (Å²) in [6, 6.07) is 10.9. The molecule has 0 saturated heterocycles. The third kappa shape index (κ3) is 3.46. The van der Waals surface area contributed by atoms with E-state index in [-0.39, 0.29) is 29.5 Å². The first-order chi connectivity index (χ1) is 16.9. The minimum absolute atomic E-state index is 0.0517. The normalized spacial score (nSPS) is 32.9. The lowest BCUT2D eigenvalue weighted by molar-refractivity contribution is 0.0821. The number of aliphatic hydroxyl groups excluding tert-OH is 1. The molecule has 1 saturated carbocycles. The maximum Gasteiger partial charge on any atom is 0.266 e. The molecule has 0 spiro atoms. The molecule has 0 radical (unpaired) electrons. The van der Waals surface area contributed by atoms with Gasteiger partial charge in [-0.2, -0.15) is 0 Å². The zero-order valence-corrected chi connectivity index (χ0v) is 22.0. The Morgan fingerprint density at radius 3 is 2.63 bits per heavy atom. The van der Waals surface area contributed by atoms with Crippen LogP contribution in [0.15, 0.2) is 58.3 Å². The first kappa shape index (κ1) is 22.8. The summed E-state index contributed by atoms with van der Waals surface area (Å²) in [4.78, 5) is 16.0. The predicted molar refractivity (Wildman–Crippen MR) is 136 cm³/mol. The molecule has 0 aliphatic heterocycles. The van der Waals surface area contributed by atoms with E-state index >= 15 is 0 Å². The van der Waals surface area contributed by atoms with Gasteiger partial charge >= 0.3 is 0 Å². The van der Waals surface area contributed by atoms with Crippen LogP contribution in [-0.2, 0) is 6.61 Å². The van der Waals surface area contributed by atoms with Crippen molar-refractivity contribution in [3.05, 3.63) is 70.7 Å². The van der Waals surface area contributed by atoms with Crippen molar-refractivity contribution in [2.75, 3.05) is 14.1 Å². The SMILES string of the molecule is CN(C)[C@H]1c2onc(OCc3ccccc3)c2C(=O)C2=C(O)[C@H]3[C@@H](C[C@H]21)[C@H]1C=C[C@@H]3C1C[SiH](C)C. The summed E-state index contributed by atoms with van der Waals surface area (Å²) in [5.41, 5.74) is 1.93. The van der Waals surface area contributed by atoms with Gasteiger partial charge < -0.3 is 14.4 Å². The fraction of sp³-hybridized carbons (Fsp3) is 0.500. The van der Waals surface area contributed by atoms with Crippen LogP contribution < -0.4 is 4.74 Å². The lowest BCUT2D eigenvalue weighted by atomic mass is 9.63. The summed E-state index contributed by atoms with van der Waals surface area (Å²) in [6.07, 6.45) is 5.61. The van der Waals surface area contributed by atoms with Crippen LogP contribution in [0.4, 0.5) is 0 Å². The molecule has 0 amide bonds. The number of Topliss-reactive ketones (excluding diaryl/α,β-unsaturated/α-hetero) is 1. The average molecular weight is 491 g/mol. The van der Waals surface area contributed by atoms with Crippen LogP contribution in [0.3, 0.4) is 0 Å². The summed E-state index contributed by atoms with van der Waals surface area (Å²) < 4.78 is 11.8. The Morgan fingerprint density at radius 1 is 1.17 bits per heavy atom. The van der Waals surface area contributed by atoms with Crippen LogP contribution in [0.5, 0.6) is 5.88 Å². The third-order valence-electron chi connectivity index (χ3n) is 8.73. The van der Waals surface area contributed by atoms with E-state index in [0.29, 0.717) is 52.9 Å². The minimum atomic E-state index is -0.744. The highest BCUT2D eigenvalue weighted by atomic mass is 28.3. The Bertz CT molecular complexity index is 1200. The number of hydrogen-bond donors (Lipinski definition) is 1. The second kappa shape index (κ2) is 8.49. The number of fused-ring (bicyclic) bond motifs is 7. The maximum atomic E-state index is 13.9. The van der Waals surface area contributed by atoms with Gasteiger partial charge in [0.1, 0.15) is 17.9 Å². The van der Waals surface area contributed by atoms with Gasteiger partial charge in [-0.25, -0.2) is 0 Å². The molecule has 4 aliphatic rings. The standard InChI is InChI=1S/C28H34N2O4Si/c1-30(2)24-19-12-18-16-10-11-17(20(16)14-35(3)4)21(18)25(31)22(19)26(32)23-27(24)34-29-28(23)33-13-15-8-6-5-7-9-15/h5-11,16-21,24,31,35H,12-14H2,1-4H3/t16-,17-,18+,19-,20?,21-,24-/m1/s1. The van der Waals surface area contributed by atoms with Crippen LogP contribution in [-0.4, -0.2) is 43.8 Å². The monoisotopic (exact) mass is 490 g/mol. The molecule has 2 bridgehead atoms. The lowest BCUT2D eigenvalue weighted by Gasteiger charge is -2.43. The number of ketones is 1. The largest absolute Gasteiger partial charge is 0.512 e. The minimum Gasteiger partial charge on any atom is -0.512 e. The summed E-state index contributed by atoms with van der Waals surface area (Å²) in [5, 5.41) is 15.9. The van der Waals surface area contributed by atoms with Crippen molar-refractivity contribution in [1.82, 2.24) is 10.1 Å². The highest BCUT2D eigenvalue weighted by Gasteiger charge is 2.59. The van der Waals surface area contributed by atoms with Crippen molar-refractivity contribution in [3.8, 4) is 5.88 Å². The molecule has 35 heavy (non-hydrogen) atoms. The summed E-state index contributed by atoms with van der Waals surface area (Å²) in [5.74, 6) is 2.70. The number of rotatable bonds is 6. The number of allylic oxidation sites excluding steroid dienone is 3. The molecule has 2 aromatic rings. The van der Waals surface area contributed by atoms with Gasteiger partial charge in [0.25, 0.3) is 5.88 Å². The first-order valence-electron chi connectivity index (χ1n) is 12.9. The quantitative estimate of drug-likeness (QED) is 0.452.